The van der Waals surface area contributed by atoms with Crippen LogP contribution in [-0.2, 0) is 22.3 Å². The van der Waals surface area contributed by atoms with Gasteiger partial charge in [0.05, 0.1) is 5.75 Å². The normalized spacial score (nSPS) is 11.3. The number of hydrogen-bond donors (Lipinski definition) is 2. The predicted molar refractivity (Wildman–Crippen MR) is 81.9 cm³/mol. The van der Waals surface area contributed by atoms with E-state index in [0.29, 0.717) is 6.54 Å². The molecule has 112 valence electrons. The standard InChI is InChI=1S/C15H17FN2O2S/c1-17-21(19,20)11-13-4-8-15(9-5-13)18-10-12-2-6-14(16)7-3-12/h2-9,17-18H,10-11H2,1H3. The van der Waals surface area contributed by atoms with Crippen molar-refractivity contribution >= 4 is 15.7 Å². The maximum atomic E-state index is 12.8. The highest BCUT2D eigenvalue weighted by atomic mass is 32.2. The second-order valence-electron chi connectivity index (χ2n) is 4.64. The molecule has 2 rings (SSSR count). The number of halogens is 1. The average molecular weight is 308 g/mol. The van der Waals surface area contributed by atoms with Gasteiger partial charge >= 0.3 is 0 Å². The molecule has 4 nitrogen and oxygen atoms in total. The van der Waals surface area contributed by atoms with E-state index in [0.717, 1.165) is 16.8 Å². The Labute approximate surface area is 124 Å². The molecule has 0 saturated carbocycles. The molecule has 0 atom stereocenters. The zero-order valence-electron chi connectivity index (χ0n) is 11.6. The molecule has 2 aromatic carbocycles. The lowest BCUT2D eigenvalue weighted by Gasteiger charge is -2.08. The Hall–Kier alpha value is -1.92. The summed E-state index contributed by atoms with van der Waals surface area (Å²) in [6, 6.07) is 13.5. The Bertz CT molecular complexity index is 683. The lowest BCUT2D eigenvalue weighted by molar-refractivity contribution is 0.587. The van der Waals surface area contributed by atoms with Crippen LogP contribution in [0.4, 0.5) is 10.1 Å². The number of rotatable bonds is 6. The zero-order chi connectivity index (χ0) is 15.3. The molecule has 0 unspecified atom stereocenters. The van der Waals surface area contributed by atoms with Gasteiger partial charge in [0, 0.05) is 12.2 Å². The first kappa shape index (κ1) is 15.5. The third kappa shape index (κ3) is 4.84. The van der Waals surface area contributed by atoms with E-state index in [-0.39, 0.29) is 11.6 Å². The fourth-order valence-corrected chi connectivity index (χ4v) is 2.59. The molecule has 2 aromatic rings. The molecule has 2 N–H and O–H groups in total. The van der Waals surface area contributed by atoms with Gasteiger partial charge in [0.1, 0.15) is 5.82 Å². The van der Waals surface area contributed by atoms with Crippen LogP contribution >= 0.6 is 0 Å². The predicted octanol–water partition coefficient (Wildman–Crippen LogP) is 2.49. The molecule has 0 saturated heterocycles. The minimum atomic E-state index is -3.25. The van der Waals surface area contributed by atoms with Crippen LogP contribution in [0.25, 0.3) is 0 Å². The fourth-order valence-electron chi connectivity index (χ4n) is 1.82. The first-order valence-corrected chi connectivity index (χ1v) is 8.12. The number of anilines is 1. The second kappa shape index (κ2) is 6.69. The summed E-state index contributed by atoms with van der Waals surface area (Å²) in [7, 11) is -1.85. The van der Waals surface area contributed by atoms with E-state index in [2.05, 4.69) is 10.0 Å². The number of sulfonamides is 1. The van der Waals surface area contributed by atoms with Crippen LogP contribution in [0.2, 0.25) is 0 Å². The highest BCUT2D eigenvalue weighted by molar-refractivity contribution is 7.88. The molecule has 0 aliphatic carbocycles. The third-order valence-electron chi connectivity index (χ3n) is 3.03. The van der Waals surface area contributed by atoms with E-state index in [9.17, 15) is 12.8 Å². The Kier molecular flexibility index (Phi) is 4.93. The highest BCUT2D eigenvalue weighted by Crippen LogP contribution is 2.13. The molecule has 0 aliphatic heterocycles. The van der Waals surface area contributed by atoms with Crippen LogP contribution in [0.3, 0.4) is 0 Å². The molecule has 0 heterocycles. The van der Waals surface area contributed by atoms with Crippen molar-refractivity contribution < 1.29 is 12.8 Å². The van der Waals surface area contributed by atoms with Crippen LogP contribution < -0.4 is 10.0 Å². The zero-order valence-corrected chi connectivity index (χ0v) is 12.5. The Morgan fingerprint density at radius 2 is 1.52 bits per heavy atom. The van der Waals surface area contributed by atoms with E-state index in [4.69, 9.17) is 0 Å². The second-order valence-corrected chi connectivity index (χ2v) is 6.57. The van der Waals surface area contributed by atoms with Gasteiger partial charge in [-0.2, -0.15) is 0 Å². The van der Waals surface area contributed by atoms with Gasteiger partial charge < -0.3 is 5.32 Å². The van der Waals surface area contributed by atoms with Gasteiger partial charge in [0.15, 0.2) is 0 Å². The summed E-state index contributed by atoms with van der Waals surface area (Å²) in [6.45, 7) is 0.578. The minimum Gasteiger partial charge on any atom is -0.381 e. The summed E-state index contributed by atoms with van der Waals surface area (Å²) in [5.41, 5.74) is 2.57. The summed E-state index contributed by atoms with van der Waals surface area (Å²) in [6.07, 6.45) is 0. The maximum Gasteiger partial charge on any atom is 0.215 e. The SMILES string of the molecule is CNS(=O)(=O)Cc1ccc(NCc2ccc(F)cc2)cc1. The van der Waals surface area contributed by atoms with E-state index in [1.54, 1.807) is 24.3 Å². The van der Waals surface area contributed by atoms with Gasteiger partial charge in [-0.25, -0.2) is 17.5 Å². The van der Waals surface area contributed by atoms with Crippen LogP contribution in [0.1, 0.15) is 11.1 Å². The van der Waals surface area contributed by atoms with Crippen LogP contribution in [-0.4, -0.2) is 15.5 Å². The van der Waals surface area contributed by atoms with Crippen LogP contribution in [0.5, 0.6) is 0 Å². The molecule has 6 heteroatoms. The Balaban J connectivity index is 1.95. The monoisotopic (exact) mass is 308 g/mol. The quantitative estimate of drug-likeness (QED) is 0.862. The van der Waals surface area contributed by atoms with Crippen molar-refractivity contribution in [1.82, 2.24) is 4.72 Å². The van der Waals surface area contributed by atoms with E-state index in [1.165, 1.54) is 19.2 Å². The maximum absolute atomic E-state index is 12.8. The fraction of sp³-hybridized carbons (Fsp3) is 0.200. The largest absolute Gasteiger partial charge is 0.381 e. The highest BCUT2D eigenvalue weighted by Gasteiger charge is 2.07. The van der Waals surface area contributed by atoms with Gasteiger partial charge in [-0.05, 0) is 42.4 Å². The summed E-state index contributed by atoms with van der Waals surface area (Å²) in [4.78, 5) is 0. The van der Waals surface area contributed by atoms with Gasteiger partial charge in [-0.3, -0.25) is 0 Å². The van der Waals surface area contributed by atoms with Crippen molar-refractivity contribution in [3.63, 3.8) is 0 Å². The van der Waals surface area contributed by atoms with Crippen LogP contribution in [0, 0.1) is 5.82 Å². The van der Waals surface area contributed by atoms with Crippen molar-refractivity contribution in [3.8, 4) is 0 Å². The van der Waals surface area contributed by atoms with Crippen molar-refractivity contribution in [1.29, 1.82) is 0 Å². The molecule has 0 radical (unpaired) electrons. The van der Waals surface area contributed by atoms with E-state index in [1.807, 2.05) is 12.1 Å². The van der Waals surface area contributed by atoms with Gasteiger partial charge in [-0.15, -0.1) is 0 Å². The molecule has 21 heavy (non-hydrogen) atoms. The van der Waals surface area contributed by atoms with Crippen LogP contribution in [0.15, 0.2) is 48.5 Å². The van der Waals surface area contributed by atoms with E-state index < -0.39 is 10.0 Å². The van der Waals surface area contributed by atoms with E-state index >= 15 is 0 Å². The number of hydrogen-bond acceptors (Lipinski definition) is 3. The summed E-state index contributed by atoms with van der Waals surface area (Å²) in [5.74, 6) is -0.296. The molecule has 0 aliphatic rings. The lowest BCUT2D eigenvalue weighted by Crippen LogP contribution is -2.20. The molecule has 0 amide bonds. The van der Waals surface area contributed by atoms with Crippen molar-refractivity contribution in [3.05, 3.63) is 65.5 Å². The molecule has 0 spiro atoms. The van der Waals surface area contributed by atoms with Crippen molar-refractivity contribution in [2.75, 3.05) is 12.4 Å². The van der Waals surface area contributed by atoms with Gasteiger partial charge in [0.2, 0.25) is 10.0 Å². The topological polar surface area (TPSA) is 58.2 Å². The van der Waals surface area contributed by atoms with Gasteiger partial charge in [-0.1, -0.05) is 24.3 Å². The summed E-state index contributed by atoms with van der Waals surface area (Å²) in [5, 5.41) is 3.20. The summed E-state index contributed by atoms with van der Waals surface area (Å²) >= 11 is 0. The van der Waals surface area contributed by atoms with Crippen molar-refractivity contribution in [2.45, 2.75) is 12.3 Å². The van der Waals surface area contributed by atoms with Gasteiger partial charge in [0.25, 0.3) is 0 Å². The first-order chi connectivity index (χ1) is 9.98. The Morgan fingerprint density at radius 1 is 0.952 bits per heavy atom. The number of nitrogens with one attached hydrogen (secondary N) is 2. The molecule has 0 bridgehead atoms. The third-order valence-corrected chi connectivity index (χ3v) is 4.37. The molecule has 0 fully saturated rings. The van der Waals surface area contributed by atoms with Crippen molar-refractivity contribution in [2.24, 2.45) is 0 Å². The lowest BCUT2D eigenvalue weighted by atomic mass is 10.2. The summed E-state index contributed by atoms with van der Waals surface area (Å²) < 4.78 is 37.9. The minimum absolute atomic E-state index is 0.0399. The number of benzene rings is 2. The smallest absolute Gasteiger partial charge is 0.215 e. The molecular weight excluding hydrogens is 291 g/mol. The molecular formula is C15H17FN2O2S. The first-order valence-electron chi connectivity index (χ1n) is 6.47. The Morgan fingerprint density at radius 3 is 2.10 bits per heavy atom. The molecule has 0 aromatic heterocycles. The average Bonchev–Trinajstić information content (AvgIpc) is 2.48.